The summed E-state index contributed by atoms with van der Waals surface area (Å²) >= 11 is 0. The van der Waals surface area contributed by atoms with Crippen molar-refractivity contribution < 1.29 is 34.3 Å². The number of ether oxygens (including phenoxy) is 3. The Labute approximate surface area is 227 Å². The van der Waals surface area contributed by atoms with Crippen molar-refractivity contribution in [1.82, 2.24) is 4.90 Å². The molecule has 4 N–H and O–H groups in total. The number of phenolic OH excluding ortho intramolecular Hbond substituents is 1. The zero-order valence-electron chi connectivity index (χ0n) is 20.9. The highest BCUT2D eigenvalue weighted by atomic mass is 16.6. The van der Waals surface area contributed by atoms with Crippen molar-refractivity contribution >= 4 is 11.6 Å². The van der Waals surface area contributed by atoms with Crippen LogP contribution in [-0.2, 0) is 16.6 Å². The Kier molecular flexibility index (Phi) is 5.23. The molecule has 2 aromatic carbocycles. The van der Waals surface area contributed by atoms with Crippen LogP contribution in [0.25, 0.3) is 0 Å². The third kappa shape index (κ3) is 3.23. The van der Waals surface area contributed by atoms with Gasteiger partial charge in [-0.15, -0.1) is 0 Å². The standard InChI is InChI=1S/C29H30N2O7.CH4/c32-19-5-3-16-11-22-29(35)13-18(27(34)30-17-4-6-20-21(12-17)37-10-9-36-20)24(33)26-28(29,23(16)25(19)38-26)7-8-31(22)14-15-1-2-15;/h3-6,12,15,22,26,32-33,35H,1-2,7-11,13-14H2,(H,30,34);1H4/t22-,26+,28+,29-;/m1./s1. The third-order valence-electron chi connectivity index (χ3n) is 9.59. The fraction of sp³-hybridized carbons (Fsp3) is 0.500. The Balaban J connectivity index is 0.00000253. The summed E-state index contributed by atoms with van der Waals surface area (Å²) in [5.74, 6) is 1.44. The van der Waals surface area contributed by atoms with E-state index < -0.39 is 23.0 Å². The normalized spacial score (nSPS) is 31.6. The van der Waals surface area contributed by atoms with Crippen LogP contribution >= 0.6 is 0 Å². The van der Waals surface area contributed by atoms with Gasteiger partial charge in [0.1, 0.15) is 19.0 Å². The van der Waals surface area contributed by atoms with Crippen LogP contribution in [0.4, 0.5) is 5.69 Å². The molecule has 3 heterocycles. The maximum absolute atomic E-state index is 13.6. The Morgan fingerprint density at radius 3 is 2.69 bits per heavy atom. The Hall–Kier alpha value is -3.43. The number of likely N-dealkylation sites (tertiary alicyclic amines) is 1. The zero-order valence-corrected chi connectivity index (χ0v) is 20.9. The summed E-state index contributed by atoms with van der Waals surface area (Å²) in [6, 6.07) is 8.48. The van der Waals surface area contributed by atoms with Crippen LogP contribution in [0.5, 0.6) is 23.0 Å². The molecule has 2 bridgehead atoms. The number of amides is 1. The van der Waals surface area contributed by atoms with Crippen LogP contribution in [0, 0.1) is 5.92 Å². The summed E-state index contributed by atoms with van der Waals surface area (Å²) in [5, 5.41) is 37.8. The smallest absolute Gasteiger partial charge is 0.255 e. The number of anilines is 1. The van der Waals surface area contributed by atoms with Crippen molar-refractivity contribution in [3.05, 3.63) is 52.8 Å². The number of benzene rings is 2. The number of aliphatic hydroxyl groups excluding tert-OH is 1. The molecule has 2 fully saturated rings. The van der Waals surface area contributed by atoms with E-state index in [0.29, 0.717) is 54.9 Å². The highest BCUT2D eigenvalue weighted by molar-refractivity contribution is 6.05. The lowest BCUT2D eigenvalue weighted by Gasteiger charge is -2.62. The van der Waals surface area contributed by atoms with E-state index in [0.717, 1.165) is 24.2 Å². The number of aliphatic hydroxyl groups is 2. The molecule has 0 unspecified atom stereocenters. The fourth-order valence-electron chi connectivity index (χ4n) is 7.70. The molecule has 4 atom stereocenters. The minimum Gasteiger partial charge on any atom is -0.508 e. The van der Waals surface area contributed by atoms with Crippen LogP contribution in [0.15, 0.2) is 41.7 Å². The van der Waals surface area contributed by atoms with Crippen molar-refractivity contribution in [3.8, 4) is 23.0 Å². The summed E-state index contributed by atoms with van der Waals surface area (Å²) in [5.41, 5.74) is 0.170. The largest absolute Gasteiger partial charge is 0.508 e. The van der Waals surface area contributed by atoms with Gasteiger partial charge in [-0.05, 0) is 61.9 Å². The van der Waals surface area contributed by atoms with Crippen molar-refractivity contribution in [2.75, 3.05) is 31.6 Å². The molecule has 0 aromatic heterocycles. The second-order valence-electron chi connectivity index (χ2n) is 11.6. The number of aromatic hydroxyl groups is 1. The second-order valence-corrected chi connectivity index (χ2v) is 11.6. The molecular formula is C30H34N2O7. The molecule has 2 aromatic rings. The number of rotatable bonds is 4. The SMILES string of the molecule is C.O=C(Nc1ccc2c(c1)OCCO2)C1=C(O)[C@@H]2Oc3c(O)ccc4c3[C@@]23CCN(CC2CC2)[C@H](C4)[C@]3(O)C1. The summed E-state index contributed by atoms with van der Waals surface area (Å²) in [7, 11) is 0. The summed E-state index contributed by atoms with van der Waals surface area (Å²) in [6.07, 6.45) is 2.63. The van der Waals surface area contributed by atoms with Gasteiger partial charge in [0.2, 0.25) is 0 Å². The van der Waals surface area contributed by atoms with Gasteiger partial charge in [-0.1, -0.05) is 13.5 Å². The van der Waals surface area contributed by atoms with E-state index in [1.807, 2.05) is 6.07 Å². The van der Waals surface area contributed by atoms with Crippen molar-refractivity contribution in [3.63, 3.8) is 0 Å². The van der Waals surface area contributed by atoms with Crippen molar-refractivity contribution in [2.45, 2.75) is 62.7 Å². The van der Waals surface area contributed by atoms with Gasteiger partial charge in [0.25, 0.3) is 5.91 Å². The maximum atomic E-state index is 13.6. The minimum absolute atomic E-state index is 0. The van der Waals surface area contributed by atoms with E-state index in [4.69, 9.17) is 14.2 Å². The minimum atomic E-state index is -1.34. The molecule has 8 rings (SSSR count). The summed E-state index contributed by atoms with van der Waals surface area (Å²) in [6.45, 7) is 2.59. The molecule has 9 heteroatoms. The van der Waals surface area contributed by atoms with E-state index in [-0.39, 0.29) is 37.0 Å². The Morgan fingerprint density at radius 2 is 1.90 bits per heavy atom. The van der Waals surface area contributed by atoms with Crippen LogP contribution in [0.1, 0.15) is 44.2 Å². The van der Waals surface area contributed by atoms with Gasteiger partial charge < -0.3 is 34.8 Å². The predicted molar refractivity (Wildman–Crippen MR) is 143 cm³/mol. The lowest BCUT2D eigenvalue weighted by Crippen LogP contribution is -2.75. The first-order valence-electron chi connectivity index (χ1n) is 13.5. The topological polar surface area (TPSA) is 121 Å². The van der Waals surface area contributed by atoms with Crippen LogP contribution in [-0.4, -0.2) is 70.2 Å². The van der Waals surface area contributed by atoms with E-state index in [1.54, 1.807) is 24.3 Å². The monoisotopic (exact) mass is 534 g/mol. The molecule has 39 heavy (non-hydrogen) atoms. The van der Waals surface area contributed by atoms with Gasteiger partial charge >= 0.3 is 0 Å². The molecule has 9 nitrogen and oxygen atoms in total. The quantitative estimate of drug-likeness (QED) is 0.471. The van der Waals surface area contributed by atoms with E-state index in [9.17, 15) is 20.1 Å². The summed E-state index contributed by atoms with van der Waals surface area (Å²) in [4.78, 5) is 16.0. The molecule has 3 aliphatic heterocycles. The van der Waals surface area contributed by atoms with Crippen molar-refractivity contribution in [2.24, 2.45) is 5.92 Å². The third-order valence-corrected chi connectivity index (χ3v) is 9.59. The maximum Gasteiger partial charge on any atom is 0.255 e. The highest BCUT2D eigenvalue weighted by Crippen LogP contribution is 2.66. The average Bonchev–Trinajstić information content (AvgIpc) is 3.65. The molecule has 206 valence electrons. The van der Waals surface area contributed by atoms with Gasteiger partial charge in [-0.2, -0.15) is 0 Å². The lowest BCUT2D eigenvalue weighted by atomic mass is 9.49. The van der Waals surface area contributed by atoms with Gasteiger partial charge in [-0.3, -0.25) is 9.69 Å². The number of piperidine rings is 1. The number of carbonyl (C=O) groups excluding carboxylic acids is 1. The number of hydrogen-bond donors (Lipinski definition) is 4. The molecule has 6 aliphatic rings. The fourth-order valence-corrected chi connectivity index (χ4v) is 7.70. The van der Waals surface area contributed by atoms with E-state index in [1.165, 1.54) is 12.8 Å². The zero-order chi connectivity index (χ0) is 25.8. The summed E-state index contributed by atoms with van der Waals surface area (Å²) < 4.78 is 17.5. The molecule has 1 amide bonds. The van der Waals surface area contributed by atoms with Crippen molar-refractivity contribution in [1.29, 1.82) is 0 Å². The first kappa shape index (κ1) is 24.6. The Morgan fingerprint density at radius 1 is 1.10 bits per heavy atom. The van der Waals surface area contributed by atoms with Crippen LogP contribution in [0.3, 0.4) is 0 Å². The molecule has 1 saturated carbocycles. The van der Waals surface area contributed by atoms with Gasteiger partial charge in [0.05, 0.1) is 16.6 Å². The van der Waals surface area contributed by atoms with E-state index in [2.05, 4.69) is 10.2 Å². The Bertz CT molecular complexity index is 1420. The lowest BCUT2D eigenvalue weighted by molar-refractivity contribution is -0.172. The van der Waals surface area contributed by atoms with E-state index >= 15 is 0 Å². The molecule has 3 aliphatic carbocycles. The molecular weight excluding hydrogens is 500 g/mol. The first-order valence-corrected chi connectivity index (χ1v) is 13.5. The second kappa shape index (κ2) is 8.29. The number of hydrogen-bond acceptors (Lipinski definition) is 8. The van der Waals surface area contributed by atoms with Gasteiger partial charge in [-0.25, -0.2) is 0 Å². The molecule has 1 spiro atoms. The number of carbonyl (C=O) groups is 1. The molecule has 0 radical (unpaired) electrons. The van der Waals surface area contributed by atoms with Gasteiger partial charge in [0.15, 0.2) is 29.1 Å². The average molecular weight is 535 g/mol. The predicted octanol–water partition coefficient (Wildman–Crippen LogP) is 3.42. The number of phenols is 1. The number of nitrogens with one attached hydrogen (secondary N) is 1. The highest BCUT2D eigenvalue weighted by Gasteiger charge is 2.73. The number of fused-ring (bicyclic) bond motifs is 1. The van der Waals surface area contributed by atoms with Crippen LogP contribution < -0.4 is 19.5 Å². The number of nitrogens with zero attached hydrogens (tertiary/aromatic N) is 1. The first-order chi connectivity index (χ1) is 18.4. The van der Waals surface area contributed by atoms with Crippen LogP contribution in [0.2, 0.25) is 0 Å². The molecule has 1 saturated heterocycles. The van der Waals surface area contributed by atoms with Gasteiger partial charge in [0, 0.05) is 36.3 Å².